The number of benzene rings is 1. The lowest BCUT2D eigenvalue weighted by molar-refractivity contribution is -0.145. The maximum Gasteiger partial charge on any atom is 0.319 e. The minimum absolute atomic E-state index is 0.0893. The van der Waals surface area contributed by atoms with E-state index in [-0.39, 0.29) is 24.1 Å². The number of hydrogen-bond acceptors (Lipinski definition) is 4. The summed E-state index contributed by atoms with van der Waals surface area (Å²) in [6.07, 6.45) is 5.56. The Morgan fingerprint density at radius 2 is 1.88 bits per heavy atom. The molecule has 2 aliphatic rings. The summed E-state index contributed by atoms with van der Waals surface area (Å²) in [7, 11) is 1.59. The van der Waals surface area contributed by atoms with Crippen LogP contribution in [0.15, 0.2) is 18.2 Å². The van der Waals surface area contributed by atoms with Gasteiger partial charge in [0.25, 0.3) is 0 Å². The smallest absolute Gasteiger partial charge is 0.319 e. The maximum absolute atomic E-state index is 12.1. The predicted molar refractivity (Wildman–Crippen MR) is 92.2 cm³/mol. The molecule has 0 atom stereocenters. The van der Waals surface area contributed by atoms with Gasteiger partial charge in [-0.3, -0.25) is 4.79 Å². The quantitative estimate of drug-likeness (QED) is 0.734. The number of carbonyl (C=O) groups is 2. The molecule has 0 unspecified atom stereocenters. The minimum atomic E-state index is -0.803. The van der Waals surface area contributed by atoms with Gasteiger partial charge in [0.15, 0.2) is 11.5 Å². The largest absolute Gasteiger partial charge is 0.493 e. The fraction of sp³-hybridized carbons (Fsp3) is 0.556. The normalized spacial score (nSPS) is 22.8. The number of urea groups is 1. The van der Waals surface area contributed by atoms with Gasteiger partial charge in [-0.2, -0.15) is 0 Å². The summed E-state index contributed by atoms with van der Waals surface area (Å²) in [4.78, 5) is 22.9. The van der Waals surface area contributed by atoms with Crippen LogP contribution >= 0.6 is 0 Å². The fourth-order valence-electron chi connectivity index (χ4n) is 3.32. The summed E-state index contributed by atoms with van der Waals surface area (Å²) >= 11 is 0. The van der Waals surface area contributed by atoms with Crippen LogP contribution in [0.3, 0.4) is 0 Å². The van der Waals surface area contributed by atoms with E-state index in [2.05, 4.69) is 10.6 Å². The van der Waals surface area contributed by atoms with E-state index in [0.29, 0.717) is 30.0 Å². The van der Waals surface area contributed by atoms with Crippen LogP contribution in [-0.2, 0) is 4.79 Å². The van der Waals surface area contributed by atoms with Crippen LogP contribution in [0.5, 0.6) is 11.5 Å². The van der Waals surface area contributed by atoms with Crippen molar-refractivity contribution < 1.29 is 24.2 Å². The second-order valence-electron chi connectivity index (χ2n) is 6.69. The first-order valence-corrected chi connectivity index (χ1v) is 8.70. The Morgan fingerprint density at radius 3 is 2.52 bits per heavy atom. The third-order valence-electron chi connectivity index (χ3n) is 4.84. The Morgan fingerprint density at radius 1 is 1.16 bits per heavy atom. The average molecular weight is 348 g/mol. The van der Waals surface area contributed by atoms with Crippen LogP contribution in [-0.4, -0.2) is 36.4 Å². The summed E-state index contributed by atoms with van der Waals surface area (Å²) in [5, 5.41) is 14.4. The maximum atomic E-state index is 12.1. The number of hydrogen-bond donors (Lipinski definition) is 3. The molecule has 0 aromatic heterocycles. The van der Waals surface area contributed by atoms with Crippen molar-refractivity contribution in [1.29, 1.82) is 0 Å². The van der Waals surface area contributed by atoms with Crippen molar-refractivity contribution in [3.8, 4) is 11.5 Å². The Hall–Kier alpha value is -2.44. The minimum Gasteiger partial charge on any atom is -0.493 e. The summed E-state index contributed by atoms with van der Waals surface area (Å²) in [6.45, 7) is 0. The number of ether oxygens (including phenoxy) is 2. The topological polar surface area (TPSA) is 96.9 Å². The van der Waals surface area contributed by atoms with Gasteiger partial charge in [0.1, 0.15) is 0 Å². The van der Waals surface area contributed by atoms with E-state index in [1.807, 2.05) is 0 Å². The predicted octanol–water partition coefficient (Wildman–Crippen LogP) is 3.00. The molecule has 25 heavy (non-hydrogen) atoms. The molecule has 0 saturated heterocycles. The Bertz CT molecular complexity index is 636. The molecule has 136 valence electrons. The lowest BCUT2D eigenvalue weighted by Gasteiger charge is -2.32. The second-order valence-corrected chi connectivity index (χ2v) is 6.69. The summed E-state index contributed by atoms with van der Waals surface area (Å²) in [5.41, 5.74) is 0.611. The molecular weight excluding hydrogens is 324 g/mol. The average Bonchev–Trinajstić information content (AvgIpc) is 3.03. The van der Waals surface area contributed by atoms with Crippen LogP contribution in [0, 0.1) is 5.92 Å². The SMILES string of the molecule is COc1ccc(NC(=O)NC2CC(C(=O)O)C2)cc1OC1CCCC1. The standard InChI is InChI=1S/C18H24N2O5/c1-24-15-7-6-12(10-16(15)25-14-4-2-3-5-14)19-18(23)20-13-8-11(9-13)17(21)22/h6-7,10-11,13-14H,2-5,8-9H2,1H3,(H,21,22)(H2,19,20,23). The molecule has 0 aliphatic heterocycles. The van der Waals surface area contributed by atoms with E-state index in [4.69, 9.17) is 14.6 Å². The zero-order valence-electron chi connectivity index (χ0n) is 14.3. The molecule has 2 aliphatic carbocycles. The van der Waals surface area contributed by atoms with Crippen molar-refractivity contribution in [1.82, 2.24) is 5.32 Å². The molecule has 3 N–H and O–H groups in total. The molecule has 3 rings (SSSR count). The van der Waals surface area contributed by atoms with Gasteiger partial charge in [-0.25, -0.2) is 4.79 Å². The zero-order valence-corrected chi connectivity index (χ0v) is 14.3. The molecule has 1 aromatic rings. The van der Waals surface area contributed by atoms with E-state index in [1.165, 1.54) is 12.8 Å². The van der Waals surface area contributed by atoms with Gasteiger partial charge in [-0.15, -0.1) is 0 Å². The highest BCUT2D eigenvalue weighted by atomic mass is 16.5. The van der Waals surface area contributed by atoms with Gasteiger partial charge in [-0.05, 0) is 50.7 Å². The van der Waals surface area contributed by atoms with Gasteiger partial charge >= 0.3 is 12.0 Å². The van der Waals surface area contributed by atoms with Crippen molar-refractivity contribution >= 4 is 17.7 Å². The molecule has 0 radical (unpaired) electrons. The number of carboxylic acid groups (broad SMARTS) is 1. The number of amides is 2. The number of carbonyl (C=O) groups excluding carboxylic acids is 1. The van der Waals surface area contributed by atoms with Crippen LogP contribution in [0.4, 0.5) is 10.5 Å². The van der Waals surface area contributed by atoms with Gasteiger partial charge in [0.05, 0.1) is 19.1 Å². The number of aliphatic carboxylic acids is 1. The van der Waals surface area contributed by atoms with Crippen LogP contribution < -0.4 is 20.1 Å². The van der Waals surface area contributed by atoms with Crippen molar-refractivity contribution in [2.45, 2.75) is 50.7 Å². The molecule has 7 nitrogen and oxygen atoms in total. The Kier molecular flexibility index (Phi) is 5.31. The van der Waals surface area contributed by atoms with Crippen LogP contribution in [0.1, 0.15) is 38.5 Å². The van der Waals surface area contributed by atoms with Crippen molar-refractivity contribution in [2.24, 2.45) is 5.92 Å². The summed E-state index contributed by atoms with van der Waals surface area (Å²) in [6, 6.07) is 4.85. The highest BCUT2D eigenvalue weighted by Gasteiger charge is 2.35. The summed E-state index contributed by atoms with van der Waals surface area (Å²) < 4.78 is 11.3. The van der Waals surface area contributed by atoms with Gasteiger partial charge in [0.2, 0.25) is 0 Å². The fourth-order valence-corrected chi connectivity index (χ4v) is 3.32. The van der Waals surface area contributed by atoms with E-state index >= 15 is 0 Å². The molecule has 2 fully saturated rings. The molecule has 0 heterocycles. The molecule has 0 spiro atoms. The van der Waals surface area contributed by atoms with E-state index in [9.17, 15) is 9.59 Å². The third-order valence-corrected chi connectivity index (χ3v) is 4.84. The van der Waals surface area contributed by atoms with Crippen molar-refractivity contribution in [2.75, 3.05) is 12.4 Å². The van der Waals surface area contributed by atoms with E-state index in [0.717, 1.165) is 12.8 Å². The van der Waals surface area contributed by atoms with Gasteiger partial charge in [0, 0.05) is 17.8 Å². The first kappa shape index (κ1) is 17.4. The van der Waals surface area contributed by atoms with Gasteiger partial charge in [-0.1, -0.05) is 0 Å². The number of rotatable bonds is 6. The second kappa shape index (κ2) is 7.63. The first-order valence-electron chi connectivity index (χ1n) is 8.70. The van der Waals surface area contributed by atoms with Crippen molar-refractivity contribution in [3.05, 3.63) is 18.2 Å². The molecule has 0 bridgehead atoms. The number of carboxylic acids is 1. The molecule has 2 saturated carbocycles. The number of nitrogens with one attached hydrogen (secondary N) is 2. The van der Waals surface area contributed by atoms with Crippen LogP contribution in [0.2, 0.25) is 0 Å². The number of anilines is 1. The Balaban J connectivity index is 1.56. The lowest BCUT2D eigenvalue weighted by atomic mass is 9.80. The molecule has 2 amide bonds. The lowest BCUT2D eigenvalue weighted by Crippen LogP contribution is -2.48. The molecular formula is C18H24N2O5. The monoisotopic (exact) mass is 348 g/mol. The van der Waals surface area contributed by atoms with E-state index in [1.54, 1.807) is 25.3 Å². The third kappa shape index (κ3) is 4.35. The molecule has 1 aromatic carbocycles. The summed E-state index contributed by atoms with van der Waals surface area (Å²) in [5.74, 6) is 0.114. The zero-order chi connectivity index (χ0) is 17.8. The number of methoxy groups -OCH3 is 1. The Labute approximate surface area is 146 Å². The van der Waals surface area contributed by atoms with Gasteiger partial charge < -0.3 is 25.2 Å². The highest BCUT2D eigenvalue weighted by molar-refractivity contribution is 5.90. The van der Waals surface area contributed by atoms with Crippen molar-refractivity contribution in [3.63, 3.8) is 0 Å². The first-order chi connectivity index (χ1) is 12.0. The van der Waals surface area contributed by atoms with E-state index < -0.39 is 5.97 Å². The highest BCUT2D eigenvalue weighted by Crippen LogP contribution is 2.34. The molecule has 7 heteroatoms. The van der Waals surface area contributed by atoms with Crippen LogP contribution in [0.25, 0.3) is 0 Å².